The van der Waals surface area contributed by atoms with Gasteiger partial charge in [-0.15, -0.1) is 10.2 Å². The number of benzene rings is 1. The first-order valence-corrected chi connectivity index (χ1v) is 5.89. The molecule has 1 aromatic carbocycles. The van der Waals surface area contributed by atoms with Gasteiger partial charge >= 0.3 is 0 Å². The molecule has 0 atom stereocenters. The lowest BCUT2D eigenvalue weighted by Gasteiger charge is -2.13. The number of hydrogen-bond acceptors (Lipinski definition) is 4. The van der Waals surface area contributed by atoms with Crippen molar-refractivity contribution in [2.24, 2.45) is 0 Å². The average molecular weight is 243 g/mol. The second-order valence-electron chi connectivity index (χ2n) is 4.45. The van der Waals surface area contributed by atoms with Crippen molar-refractivity contribution in [3.63, 3.8) is 0 Å². The fourth-order valence-corrected chi connectivity index (χ4v) is 1.84. The number of anilines is 1. The molecule has 2 N–H and O–H groups in total. The van der Waals surface area contributed by atoms with E-state index in [0.29, 0.717) is 11.7 Å². The first-order chi connectivity index (χ1) is 8.61. The maximum atomic E-state index is 5.53. The zero-order valence-corrected chi connectivity index (χ0v) is 10.8. The van der Waals surface area contributed by atoms with Gasteiger partial charge in [0, 0.05) is 5.56 Å². The van der Waals surface area contributed by atoms with Crippen LogP contribution in [0.3, 0.4) is 0 Å². The maximum absolute atomic E-state index is 5.53. The van der Waals surface area contributed by atoms with E-state index < -0.39 is 0 Å². The Balaban J connectivity index is 2.46. The molecule has 0 aliphatic rings. The van der Waals surface area contributed by atoms with E-state index in [1.807, 2.05) is 18.2 Å². The van der Waals surface area contributed by atoms with Crippen LogP contribution in [0.1, 0.15) is 25.3 Å². The van der Waals surface area contributed by atoms with E-state index in [2.05, 4.69) is 30.1 Å². The van der Waals surface area contributed by atoms with Crippen molar-refractivity contribution in [2.45, 2.75) is 19.8 Å². The number of aromatic nitrogens is 2. The molecule has 4 nitrogen and oxygen atoms in total. The monoisotopic (exact) mass is 243 g/mol. The van der Waals surface area contributed by atoms with Crippen LogP contribution < -0.4 is 10.5 Å². The molecule has 0 aliphatic heterocycles. The van der Waals surface area contributed by atoms with Crippen molar-refractivity contribution >= 4 is 5.82 Å². The van der Waals surface area contributed by atoms with Gasteiger partial charge in [-0.2, -0.15) is 0 Å². The Morgan fingerprint density at radius 1 is 1.11 bits per heavy atom. The molecular formula is C14H17N3O. The molecule has 0 radical (unpaired) electrons. The molecule has 0 saturated carbocycles. The summed E-state index contributed by atoms with van der Waals surface area (Å²) in [5.41, 5.74) is 8.53. The highest BCUT2D eigenvalue weighted by molar-refractivity contribution is 5.62. The Hall–Kier alpha value is -2.10. The van der Waals surface area contributed by atoms with Crippen LogP contribution >= 0.6 is 0 Å². The molecule has 0 fully saturated rings. The molecule has 18 heavy (non-hydrogen) atoms. The van der Waals surface area contributed by atoms with Crippen molar-refractivity contribution in [1.29, 1.82) is 0 Å². The van der Waals surface area contributed by atoms with Gasteiger partial charge in [-0.3, -0.25) is 0 Å². The highest BCUT2D eigenvalue weighted by Crippen LogP contribution is 2.30. The fourth-order valence-electron chi connectivity index (χ4n) is 1.84. The Bertz CT molecular complexity index is 535. The average Bonchev–Trinajstić information content (AvgIpc) is 2.39. The topological polar surface area (TPSA) is 61.0 Å². The largest absolute Gasteiger partial charge is 0.496 e. The SMILES string of the molecule is COc1ccc(-c2ccc(N)nn2)cc1C(C)C. The lowest BCUT2D eigenvalue weighted by Crippen LogP contribution is -1.97. The predicted molar refractivity (Wildman–Crippen MR) is 72.5 cm³/mol. The number of ether oxygens (including phenoxy) is 1. The summed E-state index contributed by atoms with van der Waals surface area (Å²) in [5, 5.41) is 7.96. The summed E-state index contributed by atoms with van der Waals surface area (Å²) in [5.74, 6) is 1.72. The lowest BCUT2D eigenvalue weighted by molar-refractivity contribution is 0.407. The van der Waals surface area contributed by atoms with Gasteiger partial charge in [0.2, 0.25) is 0 Å². The van der Waals surface area contributed by atoms with Crippen LogP contribution in [0.5, 0.6) is 5.75 Å². The number of nitrogens with zero attached hydrogens (tertiary/aromatic N) is 2. The van der Waals surface area contributed by atoms with E-state index >= 15 is 0 Å². The number of nitrogens with two attached hydrogens (primary N) is 1. The predicted octanol–water partition coefficient (Wildman–Crippen LogP) is 2.86. The summed E-state index contributed by atoms with van der Waals surface area (Å²) >= 11 is 0. The van der Waals surface area contributed by atoms with Gasteiger partial charge in [0.1, 0.15) is 11.6 Å². The molecule has 0 saturated heterocycles. The zero-order chi connectivity index (χ0) is 13.1. The summed E-state index contributed by atoms with van der Waals surface area (Å²) in [6, 6.07) is 9.65. The van der Waals surface area contributed by atoms with Gasteiger partial charge in [0.25, 0.3) is 0 Å². The third-order valence-electron chi connectivity index (χ3n) is 2.83. The van der Waals surface area contributed by atoms with Crippen LogP contribution in [0.2, 0.25) is 0 Å². The minimum atomic E-state index is 0.390. The van der Waals surface area contributed by atoms with E-state index in [-0.39, 0.29) is 0 Å². The fraction of sp³-hybridized carbons (Fsp3) is 0.286. The Morgan fingerprint density at radius 3 is 2.44 bits per heavy atom. The molecule has 0 unspecified atom stereocenters. The van der Waals surface area contributed by atoms with Crippen LogP contribution in [-0.4, -0.2) is 17.3 Å². The second kappa shape index (κ2) is 5.04. The van der Waals surface area contributed by atoms with Gasteiger partial charge in [-0.05, 0) is 41.8 Å². The Kier molecular flexibility index (Phi) is 3.46. The van der Waals surface area contributed by atoms with Gasteiger partial charge in [-0.1, -0.05) is 13.8 Å². The smallest absolute Gasteiger partial charge is 0.146 e. The van der Waals surface area contributed by atoms with E-state index in [4.69, 9.17) is 10.5 Å². The van der Waals surface area contributed by atoms with Crippen LogP contribution in [-0.2, 0) is 0 Å². The number of methoxy groups -OCH3 is 1. The zero-order valence-electron chi connectivity index (χ0n) is 10.8. The number of nitrogen functional groups attached to an aromatic ring is 1. The van der Waals surface area contributed by atoms with Crippen LogP contribution in [0.25, 0.3) is 11.3 Å². The molecule has 2 aromatic rings. The third-order valence-corrected chi connectivity index (χ3v) is 2.83. The molecule has 0 spiro atoms. The van der Waals surface area contributed by atoms with E-state index in [1.54, 1.807) is 13.2 Å². The van der Waals surface area contributed by atoms with Crippen molar-refractivity contribution in [3.8, 4) is 17.0 Å². The first-order valence-electron chi connectivity index (χ1n) is 5.89. The Morgan fingerprint density at radius 2 is 1.89 bits per heavy atom. The summed E-state index contributed by atoms with van der Waals surface area (Å²) in [7, 11) is 1.68. The van der Waals surface area contributed by atoms with E-state index in [1.165, 1.54) is 0 Å². The molecular weight excluding hydrogens is 226 g/mol. The second-order valence-corrected chi connectivity index (χ2v) is 4.45. The lowest BCUT2D eigenvalue weighted by atomic mass is 9.98. The molecule has 1 heterocycles. The third kappa shape index (κ3) is 2.42. The van der Waals surface area contributed by atoms with Crippen molar-refractivity contribution in [3.05, 3.63) is 35.9 Å². The van der Waals surface area contributed by atoms with E-state index in [0.717, 1.165) is 22.6 Å². The number of hydrogen-bond donors (Lipinski definition) is 1. The van der Waals surface area contributed by atoms with Gasteiger partial charge in [0.15, 0.2) is 0 Å². The summed E-state index contributed by atoms with van der Waals surface area (Å²) in [4.78, 5) is 0. The van der Waals surface area contributed by atoms with Crippen LogP contribution in [0.4, 0.5) is 5.82 Å². The summed E-state index contributed by atoms with van der Waals surface area (Å²) < 4.78 is 5.36. The van der Waals surface area contributed by atoms with E-state index in [9.17, 15) is 0 Å². The van der Waals surface area contributed by atoms with Crippen LogP contribution in [0, 0.1) is 0 Å². The molecule has 1 aromatic heterocycles. The molecule has 0 amide bonds. The Labute approximate surface area is 107 Å². The molecule has 94 valence electrons. The van der Waals surface area contributed by atoms with Gasteiger partial charge in [-0.25, -0.2) is 0 Å². The quantitative estimate of drug-likeness (QED) is 0.900. The minimum absolute atomic E-state index is 0.390. The maximum Gasteiger partial charge on any atom is 0.146 e. The highest BCUT2D eigenvalue weighted by Gasteiger charge is 2.10. The first kappa shape index (κ1) is 12.4. The summed E-state index contributed by atoms with van der Waals surface area (Å²) in [6.07, 6.45) is 0. The standard InChI is InChI=1S/C14H17N3O/c1-9(2)11-8-10(4-6-13(11)18-3)12-5-7-14(15)17-16-12/h4-9H,1-3H3,(H2,15,17). The normalized spacial score (nSPS) is 10.7. The van der Waals surface area contributed by atoms with Crippen molar-refractivity contribution in [1.82, 2.24) is 10.2 Å². The summed E-state index contributed by atoms with van der Waals surface area (Å²) in [6.45, 7) is 4.27. The van der Waals surface area contributed by atoms with Crippen LogP contribution in [0.15, 0.2) is 30.3 Å². The van der Waals surface area contributed by atoms with Gasteiger partial charge in [0.05, 0.1) is 12.8 Å². The van der Waals surface area contributed by atoms with Crippen molar-refractivity contribution in [2.75, 3.05) is 12.8 Å². The molecule has 0 aliphatic carbocycles. The highest BCUT2D eigenvalue weighted by atomic mass is 16.5. The molecule has 2 rings (SSSR count). The van der Waals surface area contributed by atoms with Gasteiger partial charge < -0.3 is 10.5 Å². The number of rotatable bonds is 3. The molecule has 0 bridgehead atoms. The molecule has 4 heteroatoms. The van der Waals surface area contributed by atoms with Crippen molar-refractivity contribution < 1.29 is 4.74 Å². The minimum Gasteiger partial charge on any atom is -0.496 e.